The molecule has 0 radical (unpaired) electrons. The highest BCUT2D eigenvalue weighted by Gasteiger charge is 2.38. The molecule has 1 fully saturated rings. The molecule has 0 unspecified atom stereocenters. The van der Waals surface area contributed by atoms with E-state index < -0.39 is 5.60 Å². The van der Waals surface area contributed by atoms with Crippen LogP contribution in [0.25, 0.3) is 0 Å². The molecule has 1 aromatic carbocycles. The van der Waals surface area contributed by atoms with Gasteiger partial charge in [0.05, 0.1) is 23.1 Å². The SMILES string of the molecule is COC(=O)[C@H]1CCN(C(=O)OC(C)(C)C)C[C@H]1c1ccc(Cl)c(Cl)c1. The third-order valence-corrected chi connectivity index (χ3v) is 4.88. The van der Waals surface area contributed by atoms with Gasteiger partial charge in [0.1, 0.15) is 5.60 Å². The number of likely N-dealkylation sites (tertiary alicyclic amines) is 1. The molecule has 0 saturated carbocycles. The van der Waals surface area contributed by atoms with Crippen LogP contribution in [0.2, 0.25) is 10.0 Å². The van der Waals surface area contributed by atoms with Crippen molar-refractivity contribution in [2.45, 2.75) is 38.7 Å². The molecule has 1 heterocycles. The molecule has 0 N–H and O–H groups in total. The van der Waals surface area contributed by atoms with E-state index in [1.807, 2.05) is 26.8 Å². The number of hydrogen-bond acceptors (Lipinski definition) is 4. The van der Waals surface area contributed by atoms with Crippen molar-refractivity contribution in [3.05, 3.63) is 33.8 Å². The van der Waals surface area contributed by atoms with Crippen LogP contribution in [0, 0.1) is 5.92 Å². The second-order valence-electron chi connectivity index (χ2n) is 7.12. The average Bonchev–Trinajstić information content (AvgIpc) is 2.54. The summed E-state index contributed by atoms with van der Waals surface area (Å²) in [5, 5.41) is 0.858. The molecule has 1 aromatic rings. The van der Waals surface area contributed by atoms with E-state index in [9.17, 15) is 9.59 Å². The van der Waals surface area contributed by atoms with Crippen LogP contribution in [0.15, 0.2) is 18.2 Å². The summed E-state index contributed by atoms with van der Waals surface area (Å²) in [6.07, 6.45) is 0.109. The molecule has 0 spiro atoms. The van der Waals surface area contributed by atoms with Crippen molar-refractivity contribution >= 4 is 35.3 Å². The molecule has 5 nitrogen and oxygen atoms in total. The van der Waals surface area contributed by atoms with Gasteiger partial charge in [0.2, 0.25) is 0 Å². The van der Waals surface area contributed by atoms with E-state index in [-0.39, 0.29) is 23.9 Å². The number of carbonyl (C=O) groups excluding carboxylic acids is 2. The minimum atomic E-state index is -0.574. The number of benzene rings is 1. The van der Waals surface area contributed by atoms with Gasteiger partial charge in [-0.3, -0.25) is 4.79 Å². The van der Waals surface area contributed by atoms with Crippen LogP contribution in [0.4, 0.5) is 4.79 Å². The van der Waals surface area contributed by atoms with Crippen molar-refractivity contribution in [1.29, 1.82) is 0 Å². The Kier molecular flexibility index (Phi) is 6.22. The van der Waals surface area contributed by atoms with Crippen LogP contribution in [0.3, 0.4) is 0 Å². The van der Waals surface area contributed by atoms with E-state index in [2.05, 4.69) is 0 Å². The highest BCUT2D eigenvalue weighted by molar-refractivity contribution is 6.42. The molecular formula is C18H23Cl2NO4. The normalized spacial score (nSPS) is 21.0. The molecule has 2 atom stereocenters. The fourth-order valence-electron chi connectivity index (χ4n) is 2.96. The van der Waals surface area contributed by atoms with Crippen LogP contribution in [0.5, 0.6) is 0 Å². The van der Waals surface area contributed by atoms with E-state index in [1.165, 1.54) is 7.11 Å². The first kappa shape index (κ1) is 19.9. The van der Waals surface area contributed by atoms with E-state index in [0.717, 1.165) is 5.56 Å². The summed E-state index contributed by atoms with van der Waals surface area (Å²) >= 11 is 12.1. The van der Waals surface area contributed by atoms with Gasteiger partial charge in [-0.05, 0) is 44.9 Å². The second kappa shape index (κ2) is 7.83. The first-order valence-corrected chi connectivity index (χ1v) is 8.88. The van der Waals surface area contributed by atoms with E-state index in [1.54, 1.807) is 17.0 Å². The molecule has 0 aliphatic carbocycles. The lowest BCUT2D eigenvalue weighted by atomic mass is 9.81. The Bertz CT molecular complexity index is 657. The highest BCUT2D eigenvalue weighted by atomic mass is 35.5. The van der Waals surface area contributed by atoms with Crippen molar-refractivity contribution in [2.24, 2.45) is 5.92 Å². The lowest BCUT2D eigenvalue weighted by Gasteiger charge is -2.38. The molecule has 0 bridgehead atoms. The summed E-state index contributed by atoms with van der Waals surface area (Å²) in [4.78, 5) is 26.2. The molecule has 0 aromatic heterocycles. The number of nitrogens with zero attached hydrogens (tertiary/aromatic N) is 1. The summed E-state index contributed by atoms with van der Waals surface area (Å²) in [5.74, 6) is -0.871. The first-order valence-electron chi connectivity index (χ1n) is 8.13. The van der Waals surface area contributed by atoms with E-state index in [4.69, 9.17) is 32.7 Å². The molecule has 1 amide bonds. The van der Waals surface area contributed by atoms with Gasteiger partial charge in [-0.25, -0.2) is 4.79 Å². The largest absolute Gasteiger partial charge is 0.469 e. The van der Waals surface area contributed by atoms with Gasteiger partial charge in [0.25, 0.3) is 0 Å². The van der Waals surface area contributed by atoms with Gasteiger partial charge in [0.15, 0.2) is 0 Å². The summed E-state index contributed by atoms with van der Waals surface area (Å²) in [6, 6.07) is 5.26. The number of amides is 1. The van der Waals surface area contributed by atoms with E-state index >= 15 is 0 Å². The third-order valence-electron chi connectivity index (χ3n) is 4.14. The van der Waals surface area contributed by atoms with Crippen molar-refractivity contribution in [2.75, 3.05) is 20.2 Å². The quantitative estimate of drug-likeness (QED) is 0.700. The van der Waals surface area contributed by atoms with Gasteiger partial charge in [-0.1, -0.05) is 29.3 Å². The van der Waals surface area contributed by atoms with Crippen molar-refractivity contribution in [1.82, 2.24) is 4.90 Å². The first-order chi connectivity index (χ1) is 11.6. The molecule has 25 heavy (non-hydrogen) atoms. The molecule has 2 rings (SSSR count). The van der Waals surface area contributed by atoms with Gasteiger partial charge in [-0.2, -0.15) is 0 Å². The number of carbonyl (C=O) groups is 2. The molecule has 1 aliphatic rings. The van der Waals surface area contributed by atoms with Gasteiger partial charge in [0, 0.05) is 19.0 Å². The van der Waals surface area contributed by atoms with Crippen LogP contribution in [-0.2, 0) is 14.3 Å². The average molecular weight is 388 g/mol. The number of halogens is 2. The predicted octanol–water partition coefficient (Wildman–Crippen LogP) is 4.51. The minimum absolute atomic E-state index is 0.233. The fraction of sp³-hybridized carbons (Fsp3) is 0.556. The zero-order valence-electron chi connectivity index (χ0n) is 14.8. The minimum Gasteiger partial charge on any atom is -0.469 e. The zero-order chi connectivity index (χ0) is 18.8. The smallest absolute Gasteiger partial charge is 0.410 e. The maximum absolute atomic E-state index is 12.4. The van der Waals surface area contributed by atoms with Gasteiger partial charge < -0.3 is 14.4 Å². The Morgan fingerprint density at radius 1 is 1.20 bits per heavy atom. The Hall–Kier alpha value is -1.46. The van der Waals surface area contributed by atoms with Crippen LogP contribution in [-0.4, -0.2) is 42.8 Å². The van der Waals surface area contributed by atoms with Crippen LogP contribution in [0.1, 0.15) is 38.7 Å². The maximum Gasteiger partial charge on any atom is 0.410 e. The molecule has 7 heteroatoms. The Labute approximate surface area is 158 Å². The monoisotopic (exact) mass is 387 g/mol. The standard InChI is InChI=1S/C18H23Cl2NO4/c1-18(2,3)25-17(23)21-8-7-12(16(22)24-4)13(10-21)11-5-6-14(19)15(20)9-11/h5-6,9,12-13H,7-8,10H2,1-4H3/t12-,13-/m0/s1. The molecule has 1 saturated heterocycles. The van der Waals surface area contributed by atoms with Crippen molar-refractivity contribution in [3.8, 4) is 0 Å². The van der Waals surface area contributed by atoms with Crippen LogP contribution >= 0.6 is 23.2 Å². The lowest BCUT2D eigenvalue weighted by Crippen LogP contribution is -2.46. The molecule has 138 valence electrons. The predicted molar refractivity (Wildman–Crippen MR) is 97.1 cm³/mol. The number of piperidine rings is 1. The lowest BCUT2D eigenvalue weighted by molar-refractivity contribution is -0.147. The number of hydrogen-bond donors (Lipinski definition) is 0. The summed E-state index contributed by atoms with van der Waals surface area (Å²) in [5.41, 5.74) is 0.271. The second-order valence-corrected chi connectivity index (χ2v) is 7.94. The number of ether oxygens (including phenoxy) is 2. The summed E-state index contributed by atoms with van der Waals surface area (Å²) in [7, 11) is 1.37. The Morgan fingerprint density at radius 2 is 1.88 bits per heavy atom. The molecule has 1 aliphatic heterocycles. The molecular weight excluding hydrogens is 365 g/mol. The topological polar surface area (TPSA) is 55.8 Å². The van der Waals surface area contributed by atoms with Crippen molar-refractivity contribution in [3.63, 3.8) is 0 Å². The van der Waals surface area contributed by atoms with Crippen LogP contribution < -0.4 is 0 Å². The highest BCUT2D eigenvalue weighted by Crippen LogP contribution is 2.36. The summed E-state index contributed by atoms with van der Waals surface area (Å²) in [6.45, 7) is 6.26. The number of rotatable bonds is 2. The number of esters is 1. The fourth-order valence-corrected chi connectivity index (χ4v) is 3.27. The number of methoxy groups -OCH3 is 1. The zero-order valence-corrected chi connectivity index (χ0v) is 16.4. The van der Waals surface area contributed by atoms with Gasteiger partial charge >= 0.3 is 12.1 Å². The van der Waals surface area contributed by atoms with Crippen molar-refractivity contribution < 1.29 is 19.1 Å². The third kappa shape index (κ3) is 5.02. The van der Waals surface area contributed by atoms with E-state index in [0.29, 0.717) is 29.6 Å². The maximum atomic E-state index is 12.4. The van der Waals surface area contributed by atoms with Gasteiger partial charge in [-0.15, -0.1) is 0 Å². The Balaban J connectivity index is 2.27. The summed E-state index contributed by atoms with van der Waals surface area (Å²) < 4.78 is 10.4. The Morgan fingerprint density at radius 3 is 2.44 bits per heavy atom.